The highest BCUT2D eigenvalue weighted by Gasteiger charge is 2.24. The standard InChI is InChI=1S/C27H25N5O2/c1-17-6-5-7-19(16-17)29-27(33)23-24-26(31-22-9-4-3-8-21(22)30-24)32(25(23)28)15-14-18-10-12-20(34-2)13-11-18/h3-13,16H,14-15,28H2,1-2H3,(H,29,33). The van der Waals surface area contributed by atoms with E-state index in [9.17, 15) is 4.79 Å². The molecule has 0 saturated heterocycles. The van der Waals surface area contributed by atoms with Crippen molar-refractivity contribution in [1.29, 1.82) is 0 Å². The van der Waals surface area contributed by atoms with E-state index in [-0.39, 0.29) is 5.91 Å². The number of carbonyl (C=O) groups excluding carboxylic acids is 1. The molecule has 0 radical (unpaired) electrons. The maximum Gasteiger partial charge on any atom is 0.261 e. The van der Waals surface area contributed by atoms with Gasteiger partial charge in [-0.3, -0.25) is 4.79 Å². The van der Waals surface area contributed by atoms with Gasteiger partial charge in [0.25, 0.3) is 5.91 Å². The number of amides is 1. The first-order valence-corrected chi connectivity index (χ1v) is 11.1. The number of nitrogens with two attached hydrogens (primary N) is 1. The summed E-state index contributed by atoms with van der Waals surface area (Å²) in [6.07, 6.45) is 0.714. The number of hydrogen-bond acceptors (Lipinski definition) is 5. The van der Waals surface area contributed by atoms with E-state index < -0.39 is 0 Å². The fourth-order valence-electron chi connectivity index (χ4n) is 4.12. The molecule has 0 aliphatic carbocycles. The summed E-state index contributed by atoms with van der Waals surface area (Å²) in [4.78, 5) is 23.0. The molecule has 0 atom stereocenters. The minimum Gasteiger partial charge on any atom is -0.497 e. The van der Waals surface area contributed by atoms with Gasteiger partial charge >= 0.3 is 0 Å². The van der Waals surface area contributed by atoms with Crippen LogP contribution in [0.15, 0.2) is 72.8 Å². The fourth-order valence-corrected chi connectivity index (χ4v) is 4.12. The summed E-state index contributed by atoms with van der Waals surface area (Å²) >= 11 is 0. The van der Waals surface area contributed by atoms with Crippen LogP contribution in [0.25, 0.3) is 22.2 Å². The van der Waals surface area contributed by atoms with Crippen molar-refractivity contribution in [3.63, 3.8) is 0 Å². The van der Waals surface area contributed by atoms with E-state index in [1.54, 1.807) is 7.11 Å². The Bertz CT molecular complexity index is 1510. The van der Waals surface area contributed by atoms with Crippen LogP contribution in [-0.4, -0.2) is 27.6 Å². The molecular weight excluding hydrogens is 426 g/mol. The Morgan fingerprint density at radius 3 is 2.44 bits per heavy atom. The van der Waals surface area contributed by atoms with Crippen LogP contribution in [0.2, 0.25) is 0 Å². The molecule has 34 heavy (non-hydrogen) atoms. The minimum atomic E-state index is -0.305. The molecule has 7 nitrogen and oxygen atoms in total. The zero-order chi connectivity index (χ0) is 23.7. The number of fused-ring (bicyclic) bond motifs is 2. The van der Waals surface area contributed by atoms with Crippen molar-refractivity contribution in [2.24, 2.45) is 0 Å². The summed E-state index contributed by atoms with van der Waals surface area (Å²) in [7, 11) is 1.65. The molecule has 0 bridgehead atoms. The lowest BCUT2D eigenvalue weighted by Gasteiger charge is -2.09. The highest BCUT2D eigenvalue weighted by molar-refractivity contribution is 6.16. The van der Waals surface area contributed by atoms with Crippen molar-refractivity contribution in [2.75, 3.05) is 18.2 Å². The molecule has 5 aromatic rings. The zero-order valence-corrected chi connectivity index (χ0v) is 19.1. The van der Waals surface area contributed by atoms with E-state index in [1.807, 2.05) is 84.3 Å². The molecule has 3 aromatic carbocycles. The second-order valence-electron chi connectivity index (χ2n) is 8.22. The summed E-state index contributed by atoms with van der Waals surface area (Å²) < 4.78 is 7.13. The maximum absolute atomic E-state index is 13.4. The molecule has 1 amide bonds. The quantitative estimate of drug-likeness (QED) is 0.380. The zero-order valence-electron chi connectivity index (χ0n) is 19.1. The third kappa shape index (κ3) is 4.03. The van der Waals surface area contributed by atoms with Crippen molar-refractivity contribution >= 4 is 39.6 Å². The number of hydrogen-bond donors (Lipinski definition) is 2. The number of nitrogen functional groups attached to an aromatic ring is 1. The Morgan fingerprint density at radius 2 is 1.74 bits per heavy atom. The van der Waals surface area contributed by atoms with Crippen molar-refractivity contribution in [1.82, 2.24) is 14.5 Å². The number of rotatable bonds is 6. The predicted molar refractivity (Wildman–Crippen MR) is 135 cm³/mol. The molecule has 0 saturated carbocycles. The molecule has 170 valence electrons. The van der Waals surface area contributed by atoms with E-state index in [2.05, 4.69) is 5.32 Å². The number of anilines is 2. The van der Waals surface area contributed by atoms with Gasteiger partial charge in [-0.1, -0.05) is 36.4 Å². The van der Waals surface area contributed by atoms with Gasteiger partial charge in [0.2, 0.25) is 0 Å². The number of carbonyl (C=O) groups is 1. The number of ether oxygens (including phenoxy) is 1. The lowest BCUT2D eigenvalue weighted by Crippen LogP contribution is -2.15. The molecule has 3 N–H and O–H groups in total. The second-order valence-corrected chi connectivity index (χ2v) is 8.22. The number of para-hydroxylation sites is 2. The monoisotopic (exact) mass is 451 g/mol. The van der Waals surface area contributed by atoms with Gasteiger partial charge in [0.05, 0.1) is 18.1 Å². The van der Waals surface area contributed by atoms with Gasteiger partial charge in [-0.05, 0) is 60.9 Å². The average Bonchev–Trinajstić information content (AvgIpc) is 3.11. The van der Waals surface area contributed by atoms with Gasteiger partial charge in [0.1, 0.15) is 22.6 Å². The summed E-state index contributed by atoms with van der Waals surface area (Å²) in [5.74, 6) is 0.854. The summed E-state index contributed by atoms with van der Waals surface area (Å²) in [6.45, 7) is 2.53. The molecule has 2 aromatic heterocycles. The van der Waals surface area contributed by atoms with Gasteiger partial charge in [-0.25, -0.2) is 9.97 Å². The number of methoxy groups -OCH3 is 1. The van der Waals surface area contributed by atoms with Crippen LogP contribution in [0.5, 0.6) is 5.75 Å². The Balaban J connectivity index is 1.57. The molecule has 5 rings (SSSR count). The number of aryl methyl sites for hydroxylation is 3. The van der Waals surface area contributed by atoms with Gasteiger partial charge in [0, 0.05) is 12.2 Å². The van der Waals surface area contributed by atoms with Gasteiger partial charge in [-0.2, -0.15) is 0 Å². The molecular formula is C27H25N5O2. The van der Waals surface area contributed by atoms with Gasteiger partial charge in [0.15, 0.2) is 5.65 Å². The smallest absolute Gasteiger partial charge is 0.261 e. The first-order valence-electron chi connectivity index (χ1n) is 11.1. The third-order valence-electron chi connectivity index (χ3n) is 5.88. The molecule has 0 unspecified atom stereocenters. The number of aromatic nitrogens is 3. The van der Waals surface area contributed by atoms with Crippen molar-refractivity contribution < 1.29 is 9.53 Å². The molecule has 0 fully saturated rings. The molecule has 0 spiro atoms. The third-order valence-corrected chi connectivity index (χ3v) is 5.88. The lowest BCUT2D eigenvalue weighted by molar-refractivity contribution is 0.102. The Hall–Kier alpha value is -4.39. The van der Waals surface area contributed by atoms with E-state index in [4.69, 9.17) is 20.4 Å². The van der Waals surface area contributed by atoms with Crippen LogP contribution < -0.4 is 15.8 Å². The van der Waals surface area contributed by atoms with Crippen LogP contribution in [-0.2, 0) is 13.0 Å². The highest BCUT2D eigenvalue weighted by Crippen LogP contribution is 2.29. The highest BCUT2D eigenvalue weighted by atomic mass is 16.5. The van der Waals surface area contributed by atoms with Crippen LogP contribution in [0, 0.1) is 6.92 Å². The minimum absolute atomic E-state index is 0.305. The van der Waals surface area contributed by atoms with Crippen molar-refractivity contribution in [3.05, 3.63) is 89.5 Å². The van der Waals surface area contributed by atoms with Crippen LogP contribution in [0.1, 0.15) is 21.5 Å². The Morgan fingerprint density at radius 1 is 1.00 bits per heavy atom. The average molecular weight is 452 g/mol. The largest absolute Gasteiger partial charge is 0.497 e. The first kappa shape index (κ1) is 21.5. The SMILES string of the molecule is COc1ccc(CCn2c(N)c(C(=O)Nc3cccc(C)c3)c3nc4ccccc4nc32)cc1. The Labute approximate surface area is 197 Å². The number of nitrogens with zero attached hydrogens (tertiary/aromatic N) is 3. The Kier molecular flexibility index (Phi) is 5.59. The lowest BCUT2D eigenvalue weighted by atomic mass is 10.1. The topological polar surface area (TPSA) is 95.1 Å². The van der Waals surface area contributed by atoms with Crippen LogP contribution in [0.4, 0.5) is 11.5 Å². The van der Waals surface area contributed by atoms with Crippen LogP contribution >= 0.6 is 0 Å². The van der Waals surface area contributed by atoms with E-state index >= 15 is 0 Å². The van der Waals surface area contributed by atoms with E-state index in [0.29, 0.717) is 46.7 Å². The van der Waals surface area contributed by atoms with Crippen LogP contribution in [0.3, 0.4) is 0 Å². The van der Waals surface area contributed by atoms with Gasteiger partial charge < -0.3 is 20.4 Å². The molecule has 0 aliphatic heterocycles. The maximum atomic E-state index is 13.4. The second kappa shape index (κ2) is 8.86. The number of benzene rings is 3. The summed E-state index contributed by atoms with van der Waals surface area (Å²) in [5.41, 5.74) is 12.4. The molecule has 7 heteroatoms. The van der Waals surface area contributed by atoms with Crippen molar-refractivity contribution in [3.8, 4) is 5.75 Å². The predicted octanol–water partition coefficient (Wildman–Crippen LogP) is 4.98. The summed E-state index contributed by atoms with van der Waals surface area (Å²) in [5, 5.41) is 2.97. The number of nitrogens with one attached hydrogen (secondary N) is 1. The van der Waals surface area contributed by atoms with Crippen molar-refractivity contribution in [2.45, 2.75) is 19.9 Å². The van der Waals surface area contributed by atoms with E-state index in [0.717, 1.165) is 22.4 Å². The van der Waals surface area contributed by atoms with E-state index in [1.165, 1.54) is 0 Å². The first-order chi connectivity index (χ1) is 16.5. The normalized spacial score (nSPS) is 11.1. The summed E-state index contributed by atoms with van der Waals surface area (Å²) in [6, 6.07) is 23.2. The fraction of sp³-hybridized carbons (Fsp3) is 0.148. The molecule has 0 aliphatic rings. The van der Waals surface area contributed by atoms with Gasteiger partial charge in [-0.15, -0.1) is 0 Å². The molecule has 2 heterocycles.